The molecule has 0 radical (unpaired) electrons. The van der Waals surface area contributed by atoms with Crippen molar-refractivity contribution in [1.29, 1.82) is 0 Å². The molecular formula is C29H44N2O3. The van der Waals surface area contributed by atoms with E-state index in [-0.39, 0.29) is 46.9 Å². The third-order valence-corrected chi connectivity index (χ3v) is 9.57. The van der Waals surface area contributed by atoms with E-state index in [0.717, 1.165) is 57.2 Å². The number of benzene rings is 1. The Morgan fingerprint density at radius 2 is 1.74 bits per heavy atom. The number of fused-ring (bicyclic) bond motifs is 1. The van der Waals surface area contributed by atoms with E-state index in [0.29, 0.717) is 12.3 Å². The summed E-state index contributed by atoms with van der Waals surface area (Å²) in [6.07, 6.45) is 5.94. The van der Waals surface area contributed by atoms with Crippen molar-refractivity contribution in [2.24, 2.45) is 35.0 Å². The molecule has 0 bridgehead atoms. The van der Waals surface area contributed by atoms with E-state index in [1.807, 2.05) is 42.2 Å². The van der Waals surface area contributed by atoms with Crippen LogP contribution in [-0.4, -0.2) is 47.1 Å². The van der Waals surface area contributed by atoms with E-state index in [1.54, 1.807) is 0 Å². The average Bonchev–Trinajstić information content (AvgIpc) is 2.81. The quantitative estimate of drug-likeness (QED) is 0.672. The van der Waals surface area contributed by atoms with Crippen LogP contribution in [0.15, 0.2) is 30.3 Å². The Morgan fingerprint density at radius 1 is 1.09 bits per heavy atom. The summed E-state index contributed by atoms with van der Waals surface area (Å²) in [6.45, 7) is 10.5. The van der Waals surface area contributed by atoms with Crippen LogP contribution < -0.4 is 5.32 Å². The molecule has 5 nitrogen and oxygen atoms in total. The van der Waals surface area contributed by atoms with E-state index >= 15 is 0 Å². The van der Waals surface area contributed by atoms with E-state index < -0.39 is 6.10 Å². The summed E-state index contributed by atoms with van der Waals surface area (Å²) in [5, 5.41) is 14.9. The Hall–Kier alpha value is -1.88. The number of likely N-dealkylation sites (tertiary alicyclic amines) is 1. The lowest BCUT2D eigenvalue weighted by Crippen LogP contribution is -2.59. The third kappa shape index (κ3) is 5.19. The summed E-state index contributed by atoms with van der Waals surface area (Å²) in [5.41, 5.74) is 1.09. The summed E-state index contributed by atoms with van der Waals surface area (Å²) < 4.78 is 0. The summed E-state index contributed by atoms with van der Waals surface area (Å²) in [6, 6.07) is 9.92. The first-order chi connectivity index (χ1) is 16.2. The molecule has 1 heterocycles. The van der Waals surface area contributed by atoms with Crippen LogP contribution in [0.1, 0.15) is 71.8 Å². The van der Waals surface area contributed by atoms with Crippen LogP contribution in [-0.2, 0) is 16.0 Å². The lowest BCUT2D eigenvalue weighted by molar-refractivity contribution is -0.152. The van der Waals surface area contributed by atoms with Gasteiger partial charge in [-0.1, -0.05) is 58.0 Å². The average molecular weight is 469 g/mol. The van der Waals surface area contributed by atoms with Crippen LogP contribution in [0.25, 0.3) is 0 Å². The number of nitrogens with one attached hydrogen (secondary N) is 1. The molecule has 2 saturated carbocycles. The maximum Gasteiger partial charge on any atom is 0.225 e. The van der Waals surface area contributed by atoms with Crippen LogP contribution in [0.3, 0.4) is 0 Å². The number of aliphatic hydroxyl groups excluding tert-OH is 1. The maximum absolute atomic E-state index is 13.3. The smallest absolute Gasteiger partial charge is 0.225 e. The zero-order valence-corrected chi connectivity index (χ0v) is 21.5. The summed E-state index contributed by atoms with van der Waals surface area (Å²) in [4.78, 5) is 28.1. The van der Waals surface area contributed by atoms with Crippen molar-refractivity contribution < 1.29 is 14.7 Å². The van der Waals surface area contributed by atoms with Gasteiger partial charge >= 0.3 is 0 Å². The fraction of sp³-hybridized carbons (Fsp3) is 0.724. The van der Waals surface area contributed by atoms with Gasteiger partial charge in [0.05, 0.1) is 12.5 Å². The third-order valence-electron chi connectivity index (χ3n) is 9.57. The van der Waals surface area contributed by atoms with Gasteiger partial charge in [0.1, 0.15) is 0 Å². The van der Waals surface area contributed by atoms with E-state index in [4.69, 9.17) is 0 Å². The first-order valence-electron chi connectivity index (χ1n) is 13.5. The lowest BCUT2D eigenvalue weighted by Gasteiger charge is -2.56. The van der Waals surface area contributed by atoms with Gasteiger partial charge in [0.15, 0.2) is 0 Å². The normalized spacial score (nSPS) is 35.3. The highest BCUT2D eigenvalue weighted by molar-refractivity contribution is 5.79. The number of amides is 2. The van der Waals surface area contributed by atoms with Gasteiger partial charge in [-0.05, 0) is 73.2 Å². The second-order valence-electron chi connectivity index (χ2n) is 11.9. The van der Waals surface area contributed by atoms with E-state index in [9.17, 15) is 14.7 Å². The van der Waals surface area contributed by atoms with Crippen molar-refractivity contribution in [2.75, 3.05) is 13.1 Å². The molecule has 2 amide bonds. The molecule has 0 unspecified atom stereocenters. The highest BCUT2D eigenvalue weighted by Crippen LogP contribution is 2.55. The van der Waals surface area contributed by atoms with Gasteiger partial charge in [-0.25, -0.2) is 0 Å². The molecule has 3 aliphatic rings. The molecule has 1 aromatic rings. The molecule has 4 rings (SSSR count). The standard InChI is InChI=1S/C29H44N2O3/c1-19-12-16-31(17-13-19)28(34)20(2)23-10-14-29(4)15-11-24(21(3)26(29)27(23)33)30-25(32)18-22-8-6-5-7-9-22/h5-9,19-21,23-24,26-27,33H,10-18H2,1-4H3,(H,30,32)/t20-,21-,23+,24-,26+,27-,29+/m0/s1. The number of carbonyl (C=O) groups is 2. The molecule has 1 aromatic carbocycles. The van der Waals surface area contributed by atoms with E-state index in [1.165, 1.54) is 0 Å². The largest absolute Gasteiger partial charge is 0.392 e. The van der Waals surface area contributed by atoms with Gasteiger partial charge < -0.3 is 15.3 Å². The highest BCUT2D eigenvalue weighted by atomic mass is 16.3. The van der Waals surface area contributed by atoms with Crippen molar-refractivity contribution in [1.82, 2.24) is 10.2 Å². The van der Waals surface area contributed by atoms with Crippen LogP contribution >= 0.6 is 0 Å². The van der Waals surface area contributed by atoms with Crippen molar-refractivity contribution in [3.05, 3.63) is 35.9 Å². The summed E-state index contributed by atoms with van der Waals surface area (Å²) in [5.74, 6) is 1.07. The zero-order chi connectivity index (χ0) is 24.5. The molecule has 188 valence electrons. The van der Waals surface area contributed by atoms with Crippen LogP contribution in [0.5, 0.6) is 0 Å². The zero-order valence-electron chi connectivity index (χ0n) is 21.5. The molecule has 34 heavy (non-hydrogen) atoms. The molecule has 0 spiro atoms. The Morgan fingerprint density at radius 3 is 2.41 bits per heavy atom. The van der Waals surface area contributed by atoms with Gasteiger partial charge in [-0.3, -0.25) is 9.59 Å². The molecule has 7 atom stereocenters. The maximum atomic E-state index is 13.3. The Labute approximate surface area is 205 Å². The number of nitrogens with zero attached hydrogens (tertiary/aromatic N) is 1. The van der Waals surface area contributed by atoms with Gasteiger partial charge in [-0.15, -0.1) is 0 Å². The van der Waals surface area contributed by atoms with Crippen LogP contribution in [0.4, 0.5) is 0 Å². The molecule has 2 N–H and O–H groups in total. The highest BCUT2D eigenvalue weighted by Gasteiger charge is 2.54. The number of carbonyl (C=O) groups excluding carboxylic acids is 2. The summed E-state index contributed by atoms with van der Waals surface area (Å²) >= 11 is 0. The first kappa shape index (κ1) is 25.2. The minimum Gasteiger partial charge on any atom is -0.392 e. The minimum absolute atomic E-state index is 0.00820. The van der Waals surface area contributed by atoms with Crippen molar-refractivity contribution in [3.63, 3.8) is 0 Å². The number of hydrogen-bond acceptors (Lipinski definition) is 3. The second-order valence-corrected chi connectivity index (χ2v) is 11.9. The fourth-order valence-electron chi connectivity index (χ4n) is 7.24. The summed E-state index contributed by atoms with van der Waals surface area (Å²) in [7, 11) is 0. The Kier molecular flexibility index (Phi) is 7.71. The number of piperidine rings is 1. The molecule has 0 aromatic heterocycles. The Bertz CT molecular complexity index is 850. The van der Waals surface area contributed by atoms with Crippen molar-refractivity contribution in [2.45, 2.75) is 84.8 Å². The molecular weight excluding hydrogens is 424 g/mol. The first-order valence-corrected chi connectivity index (χ1v) is 13.5. The lowest BCUT2D eigenvalue weighted by atomic mass is 9.51. The fourth-order valence-corrected chi connectivity index (χ4v) is 7.24. The van der Waals surface area contributed by atoms with Crippen molar-refractivity contribution in [3.8, 4) is 0 Å². The minimum atomic E-state index is -0.509. The topological polar surface area (TPSA) is 69.6 Å². The number of rotatable bonds is 5. The van der Waals surface area contributed by atoms with E-state index in [2.05, 4.69) is 26.1 Å². The van der Waals surface area contributed by atoms with Gasteiger partial charge in [0.2, 0.25) is 11.8 Å². The van der Waals surface area contributed by atoms with Gasteiger partial charge in [0, 0.05) is 25.0 Å². The molecule has 1 aliphatic heterocycles. The molecule has 3 fully saturated rings. The second kappa shape index (κ2) is 10.4. The number of aliphatic hydroxyl groups is 1. The Balaban J connectivity index is 1.42. The number of hydrogen-bond donors (Lipinski definition) is 2. The van der Waals surface area contributed by atoms with Gasteiger partial charge in [-0.2, -0.15) is 0 Å². The van der Waals surface area contributed by atoms with Crippen LogP contribution in [0, 0.1) is 35.0 Å². The van der Waals surface area contributed by atoms with Crippen molar-refractivity contribution >= 4 is 11.8 Å². The predicted molar refractivity (Wildman–Crippen MR) is 135 cm³/mol. The van der Waals surface area contributed by atoms with Crippen LogP contribution in [0.2, 0.25) is 0 Å². The van der Waals surface area contributed by atoms with Gasteiger partial charge in [0.25, 0.3) is 0 Å². The molecule has 5 heteroatoms. The molecule has 1 saturated heterocycles. The molecule has 2 aliphatic carbocycles. The monoisotopic (exact) mass is 468 g/mol. The SMILES string of the molecule is CC1CCN(C(=O)[C@@H](C)[C@H]2CC[C@]3(C)CC[C@H](NC(=O)Cc4ccccc4)[C@H](C)[C@@H]3[C@H]2O)CC1. The predicted octanol–water partition coefficient (Wildman–Crippen LogP) is 4.43.